The molecule has 0 N–H and O–H groups in total. The van der Waals surface area contributed by atoms with Gasteiger partial charge in [0.25, 0.3) is 0 Å². The van der Waals surface area contributed by atoms with Gasteiger partial charge < -0.3 is 48.0 Å². The Morgan fingerprint density at radius 1 is 0.441 bits per heavy atom. The maximum atomic E-state index is 2.23. The zero-order valence-corrected chi connectivity index (χ0v) is 23.5. The lowest BCUT2D eigenvalue weighted by molar-refractivity contribution is -0.646. The SMILES string of the molecule is C[n+]1c(/C=C/c2ccc(/C=C/c3ccc4ccccc4[n+]3C)cc2)ccc2ccccc21.[I-].[I-]. The van der Waals surface area contributed by atoms with E-state index >= 15 is 0 Å². The average molecular weight is 668 g/mol. The molecule has 0 spiro atoms. The molecule has 0 radical (unpaired) electrons. The van der Waals surface area contributed by atoms with Crippen LogP contribution in [-0.4, -0.2) is 0 Å². The minimum Gasteiger partial charge on any atom is -1.00 e. The van der Waals surface area contributed by atoms with Crippen LogP contribution < -0.4 is 57.1 Å². The lowest BCUT2D eigenvalue weighted by Crippen LogP contribution is -3.00. The third-order valence-electron chi connectivity index (χ3n) is 6.07. The van der Waals surface area contributed by atoms with Gasteiger partial charge in [-0.15, -0.1) is 0 Å². The van der Waals surface area contributed by atoms with Crippen molar-refractivity contribution in [2.75, 3.05) is 0 Å². The van der Waals surface area contributed by atoms with Crippen molar-refractivity contribution in [1.82, 2.24) is 0 Å². The lowest BCUT2D eigenvalue weighted by Gasteiger charge is -2.01. The van der Waals surface area contributed by atoms with Gasteiger partial charge in [-0.25, -0.2) is 0 Å². The Hall–Kier alpha value is -2.58. The number of benzene rings is 3. The molecule has 0 saturated carbocycles. The van der Waals surface area contributed by atoms with E-state index < -0.39 is 0 Å². The first kappa shape index (κ1) is 26.0. The standard InChI is InChI=1S/C30H26N2.2HI/c1-31-27(21-17-25-7-3-5-9-29(25)31)19-15-23-11-13-24(14-12-23)16-20-28-22-18-26-8-4-6-10-30(26)32(28)2;;/h3-22H,1-2H3;2*1H/q+2;;/p-2/b19-15+,20-16+;;. The van der Waals surface area contributed by atoms with E-state index in [1.165, 1.54) is 44.3 Å². The highest BCUT2D eigenvalue weighted by Gasteiger charge is 2.09. The molecule has 0 unspecified atom stereocenters. The Kier molecular flexibility index (Phi) is 8.97. The molecule has 0 aliphatic rings. The van der Waals surface area contributed by atoms with Gasteiger partial charge in [-0.2, -0.15) is 9.13 Å². The van der Waals surface area contributed by atoms with E-state index in [-0.39, 0.29) is 48.0 Å². The van der Waals surface area contributed by atoms with Crippen LogP contribution in [-0.2, 0) is 14.1 Å². The molecule has 170 valence electrons. The van der Waals surface area contributed by atoms with E-state index in [2.05, 4.69) is 145 Å². The molecular weight excluding hydrogens is 642 g/mol. The second kappa shape index (κ2) is 11.7. The number of aryl methyl sites for hydroxylation is 2. The monoisotopic (exact) mass is 668 g/mol. The van der Waals surface area contributed by atoms with Crippen molar-refractivity contribution in [3.63, 3.8) is 0 Å². The number of hydrogen-bond donors (Lipinski definition) is 0. The highest BCUT2D eigenvalue weighted by molar-refractivity contribution is 5.78. The molecule has 5 rings (SSSR count). The van der Waals surface area contributed by atoms with Gasteiger partial charge in [-0.3, -0.25) is 0 Å². The topological polar surface area (TPSA) is 7.76 Å². The molecule has 4 heteroatoms. The van der Waals surface area contributed by atoms with Crippen LogP contribution in [0.1, 0.15) is 22.5 Å². The molecule has 0 aliphatic heterocycles. The maximum Gasteiger partial charge on any atom is 0.212 e. The summed E-state index contributed by atoms with van der Waals surface area (Å²) in [5.74, 6) is 0. The van der Waals surface area contributed by atoms with Gasteiger partial charge >= 0.3 is 0 Å². The van der Waals surface area contributed by atoms with Crippen molar-refractivity contribution in [3.8, 4) is 0 Å². The molecule has 0 bridgehead atoms. The summed E-state index contributed by atoms with van der Waals surface area (Å²) < 4.78 is 4.46. The minimum atomic E-state index is 0. The van der Waals surface area contributed by atoms with Crippen molar-refractivity contribution in [3.05, 3.63) is 120 Å². The zero-order valence-electron chi connectivity index (χ0n) is 19.2. The summed E-state index contributed by atoms with van der Waals surface area (Å²) in [5, 5.41) is 2.51. The van der Waals surface area contributed by atoms with Gasteiger partial charge in [0.2, 0.25) is 22.4 Å². The Labute approximate surface area is 235 Å². The van der Waals surface area contributed by atoms with E-state index in [1.807, 2.05) is 0 Å². The smallest absolute Gasteiger partial charge is 0.212 e. The van der Waals surface area contributed by atoms with Crippen LogP contribution in [0.3, 0.4) is 0 Å². The van der Waals surface area contributed by atoms with E-state index in [4.69, 9.17) is 0 Å². The summed E-state index contributed by atoms with van der Waals surface area (Å²) in [6.45, 7) is 0. The Morgan fingerprint density at radius 3 is 1.24 bits per heavy atom. The molecule has 0 aliphatic carbocycles. The quantitative estimate of drug-likeness (QED) is 0.188. The normalized spacial score (nSPS) is 11.1. The van der Waals surface area contributed by atoms with Crippen molar-refractivity contribution < 1.29 is 57.1 Å². The van der Waals surface area contributed by atoms with Crippen LogP contribution in [0.5, 0.6) is 0 Å². The molecule has 0 atom stereocenters. The summed E-state index contributed by atoms with van der Waals surface area (Å²) in [6.07, 6.45) is 8.68. The first-order valence-electron chi connectivity index (χ1n) is 10.9. The van der Waals surface area contributed by atoms with Crippen LogP contribution in [0.4, 0.5) is 0 Å². The van der Waals surface area contributed by atoms with Crippen LogP contribution in [0.2, 0.25) is 0 Å². The van der Waals surface area contributed by atoms with Crippen molar-refractivity contribution in [1.29, 1.82) is 0 Å². The fraction of sp³-hybridized carbons (Fsp3) is 0.0667. The lowest BCUT2D eigenvalue weighted by atomic mass is 10.1. The van der Waals surface area contributed by atoms with Gasteiger partial charge in [0.05, 0.1) is 0 Å². The number of hydrogen-bond acceptors (Lipinski definition) is 0. The van der Waals surface area contributed by atoms with Gasteiger partial charge in [0, 0.05) is 47.2 Å². The summed E-state index contributed by atoms with van der Waals surface area (Å²) in [7, 11) is 4.23. The first-order chi connectivity index (χ1) is 15.7. The molecule has 0 amide bonds. The number of para-hydroxylation sites is 2. The molecule has 0 fully saturated rings. The zero-order chi connectivity index (χ0) is 21.9. The van der Waals surface area contributed by atoms with Crippen LogP contribution in [0.25, 0.3) is 46.1 Å². The van der Waals surface area contributed by atoms with E-state index in [9.17, 15) is 0 Å². The fourth-order valence-electron chi connectivity index (χ4n) is 4.14. The molecule has 2 heterocycles. The minimum absolute atomic E-state index is 0. The number of pyridine rings is 2. The predicted molar refractivity (Wildman–Crippen MR) is 135 cm³/mol. The second-order valence-electron chi connectivity index (χ2n) is 8.09. The fourth-order valence-corrected chi connectivity index (χ4v) is 4.14. The number of fused-ring (bicyclic) bond motifs is 2. The maximum absolute atomic E-state index is 2.23. The largest absolute Gasteiger partial charge is 1.00 e. The van der Waals surface area contributed by atoms with E-state index in [0.717, 1.165) is 0 Å². The van der Waals surface area contributed by atoms with Gasteiger partial charge in [0.15, 0.2) is 0 Å². The summed E-state index contributed by atoms with van der Waals surface area (Å²) >= 11 is 0. The summed E-state index contributed by atoms with van der Waals surface area (Å²) in [6, 6.07) is 34.3. The number of nitrogens with zero attached hydrogens (tertiary/aromatic N) is 2. The van der Waals surface area contributed by atoms with Crippen LogP contribution in [0, 0.1) is 0 Å². The van der Waals surface area contributed by atoms with Crippen molar-refractivity contribution in [2.45, 2.75) is 0 Å². The Bertz CT molecular complexity index is 1370. The van der Waals surface area contributed by atoms with Crippen LogP contribution in [0.15, 0.2) is 97.1 Å². The van der Waals surface area contributed by atoms with Crippen molar-refractivity contribution >= 4 is 46.1 Å². The van der Waals surface area contributed by atoms with Crippen LogP contribution >= 0.6 is 0 Å². The summed E-state index contributed by atoms with van der Waals surface area (Å²) in [5.41, 5.74) is 7.19. The number of aromatic nitrogens is 2. The molecule has 0 saturated heterocycles. The number of halogens is 2. The summed E-state index contributed by atoms with van der Waals surface area (Å²) in [4.78, 5) is 0. The molecule has 2 nitrogen and oxygen atoms in total. The van der Waals surface area contributed by atoms with Gasteiger partial charge in [0.1, 0.15) is 14.1 Å². The third kappa shape index (κ3) is 5.55. The van der Waals surface area contributed by atoms with E-state index in [0.29, 0.717) is 0 Å². The molecule has 2 aromatic heterocycles. The molecular formula is C30H26I2N2. The molecule has 3 aromatic carbocycles. The predicted octanol–water partition coefficient (Wildman–Crippen LogP) is -0.00920. The van der Waals surface area contributed by atoms with Gasteiger partial charge in [-0.1, -0.05) is 48.5 Å². The average Bonchev–Trinajstić information content (AvgIpc) is 2.84. The van der Waals surface area contributed by atoms with Crippen molar-refractivity contribution in [2.24, 2.45) is 14.1 Å². The van der Waals surface area contributed by atoms with Gasteiger partial charge in [-0.05, 0) is 47.5 Å². The second-order valence-corrected chi connectivity index (χ2v) is 8.09. The number of rotatable bonds is 4. The Morgan fingerprint density at radius 2 is 0.824 bits per heavy atom. The van der Waals surface area contributed by atoms with E-state index in [1.54, 1.807) is 0 Å². The highest BCUT2D eigenvalue weighted by atomic mass is 127. The third-order valence-corrected chi connectivity index (χ3v) is 6.07. The first-order valence-corrected chi connectivity index (χ1v) is 10.9. The molecule has 5 aromatic rings. The highest BCUT2D eigenvalue weighted by Crippen LogP contribution is 2.15. The Balaban J connectivity index is 0.00000162. The molecule has 34 heavy (non-hydrogen) atoms.